The molecule has 1 aromatic carbocycles. The first kappa shape index (κ1) is 8.98. The Balaban J connectivity index is 3.13. The molecule has 12 heavy (non-hydrogen) atoms. The summed E-state index contributed by atoms with van der Waals surface area (Å²) < 4.78 is 0. The van der Waals surface area contributed by atoms with Crippen LogP contribution in [0.4, 0.5) is 0 Å². The fourth-order valence-electron chi connectivity index (χ4n) is 1.30. The van der Waals surface area contributed by atoms with Crippen LogP contribution in [0.25, 0.3) is 0 Å². The molecule has 0 N–H and O–H groups in total. The van der Waals surface area contributed by atoms with Crippen molar-refractivity contribution in [1.29, 1.82) is 0 Å². The van der Waals surface area contributed by atoms with Crippen molar-refractivity contribution in [2.75, 3.05) is 7.05 Å². The molecule has 0 amide bonds. The van der Waals surface area contributed by atoms with Gasteiger partial charge in [-0.05, 0) is 24.5 Å². The van der Waals surface area contributed by atoms with E-state index in [1.165, 1.54) is 11.1 Å². The van der Waals surface area contributed by atoms with Crippen molar-refractivity contribution in [2.24, 2.45) is 4.99 Å². The third kappa shape index (κ3) is 1.73. The Morgan fingerprint density at radius 1 is 1.33 bits per heavy atom. The van der Waals surface area contributed by atoms with Gasteiger partial charge in [-0.15, -0.1) is 0 Å². The Hall–Kier alpha value is -1.11. The first-order chi connectivity index (χ1) is 5.79. The maximum atomic E-state index is 4.18. The standard InChI is InChI=1S/C11H15N/c1-4-10-7-5-6-8-11(10)9(2)12-3/h5-8H,4H2,1-3H3. The molecule has 64 valence electrons. The van der Waals surface area contributed by atoms with Crippen LogP contribution in [0.1, 0.15) is 25.0 Å². The molecule has 0 atom stereocenters. The third-order valence-electron chi connectivity index (χ3n) is 2.12. The summed E-state index contributed by atoms with van der Waals surface area (Å²) in [7, 11) is 1.84. The van der Waals surface area contributed by atoms with Crippen LogP contribution in [0, 0.1) is 0 Å². The highest BCUT2D eigenvalue weighted by Crippen LogP contribution is 2.10. The molecule has 0 heterocycles. The van der Waals surface area contributed by atoms with Gasteiger partial charge in [-0.3, -0.25) is 4.99 Å². The first-order valence-corrected chi connectivity index (χ1v) is 4.31. The monoisotopic (exact) mass is 161 g/mol. The number of rotatable bonds is 2. The Labute approximate surface area is 74.2 Å². The Morgan fingerprint density at radius 2 is 2.00 bits per heavy atom. The predicted octanol–water partition coefficient (Wildman–Crippen LogP) is 2.69. The highest BCUT2D eigenvalue weighted by molar-refractivity contribution is 5.99. The van der Waals surface area contributed by atoms with E-state index in [1.54, 1.807) is 0 Å². The third-order valence-corrected chi connectivity index (χ3v) is 2.12. The van der Waals surface area contributed by atoms with E-state index in [9.17, 15) is 0 Å². The molecule has 0 saturated heterocycles. The van der Waals surface area contributed by atoms with Gasteiger partial charge in [0, 0.05) is 12.8 Å². The van der Waals surface area contributed by atoms with Crippen LogP contribution in [0.15, 0.2) is 29.3 Å². The number of aliphatic imine (C=N–C) groups is 1. The predicted molar refractivity (Wildman–Crippen MR) is 54.0 cm³/mol. The fraction of sp³-hybridized carbons (Fsp3) is 0.364. The van der Waals surface area contributed by atoms with Gasteiger partial charge in [-0.1, -0.05) is 31.2 Å². The molecule has 1 heteroatoms. The molecule has 0 bridgehead atoms. The average Bonchev–Trinajstić information content (AvgIpc) is 2.16. The van der Waals surface area contributed by atoms with Gasteiger partial charge in [0.2, 0.25) is 0 Å². The van der Waals surface area contributed by atoms with E-state index in [0.717, 1.165) is 12.1 Å². The van der Waals surface area contributed by atoms with Crippen molar-refractivity contribution >= 4 is 5.71 Å². The topological polar surface area (TPSA) is 12.4 Å². The molecule has 1 rings (SSSR count). The van der Waals surface area contributed by atoms with Crippen LogP contribution in [0.5, 0.6) is 0 Å². The van der Waals surface area contributed by atoms with Crippen LogP contribution < -0.4 is 0 Å². The second-order valence-corrected chi connectivity index (χ2v) is 2.82. The zero-order chi connectivity index (χ0) is 8.97. The minimum absolute atomic E-state index is 1.07. The second kappa shape index (κ2) is 4.05. The van der Waals surface area contributed by atoms with Crippen molar-refractivity contribution in [2.45, 2.75) is 20.3 Å². The van der Waals surface area contributed by atoms with Crippen molar-refractivity contribution in [3.8, 4) is 0 Å². The van der Waals surface area contributed by atoms with Gasteiger partial charge in [-0.25, -0.2) is 0 Å². The molecule has 1 aromatic rings. The smallest absolute Gasteiger partial charge is 0.0388 e. The lowest BCUT2D eigenvalue weighted by molar-refractivity contribution is 1.13. The van der Waals surface area contributed by atoms with Gasteiger partial charge in [-0.2, -0.15) is 0 Å². The van der Waals surface area contributed by atoms with E-state index >= 15 is 0 Å². The first-order valence-electron chi connectivity index (χ1n) is 4.31. The molecule has 0 aliphatic rings. The summed E-state index contributed by atoms with van der Waals surface area (Å²) in [6.45, 7) is 4.22. The molecule has 0 fully saturated rings. The number of hydrogen-bond acceptors (Lipinski definition) is 1. The fourth-order valence-corrected chi connectivity index (χ4v) is 1.30. The maximum absolute atomic E-state index is 4.18. The number of aryl methyl sites for hydroxylation is 1. The number of benzene rings is 1. The minimum Gasteiger partial charge on any atom is -0.293 e. The molecule has 1 nitrogen and oxygen atoms in total. The normalized spacial score (nSPS) is 11.8. The molecular weight excluding hydrogens is 146 g/mol. The van der Waals surface area contributed by atoms with Crippen LogP contribution >= 0.6 is 0 Å². The molecule has 0 aromatic heterocycles. The van der Waals surface area contributed by atoms with Gasteiger partial charge < -0.3 is 0 Å². The van der Waals surface area contributed by atoms with E-state index in [0.29, 0.717) is 0 Å². The van der Waals surface area contributed by atoms with E-state index in [1.807, 2.05) is 7.05 Å². The zero-order valence-electron chi connectivity index (χ0n) is 7.96. The van der Waals surface area contributed by atoms with Crippen LogP contribution in [-0.2, 0) is 6.42 Å². The molecule has 0 radical (unpaired) electrons. The molecular formula is C11H15N. The van der Waals surface area contributed by atoms with Crippen LogP contribution in [0.3, 0.4) is 0 Å². The lowest BCUT2D eigenvalue weighted by Gasteiger charge is -2.05. The summed E-state index contributed by atoms with van der Waals surface area (Å²) in [4.78, 5) is 4.18. The largest absolute Gasteiger partial charge is 0.293 e. The Bertz CT molecular complexity index is 287. The lowest BCUT2D eigenvalue weighted by Crippen LogP contribution is -1.99. The van der Waals surface area contributed by atoms with Gasteiger partial charge >= 0.3 is 0 Å². The number of hydrogen-bond donors (Lipinski definition) is 0. The summed E-state index contributed by atoms with van der Waals surface area (Å²) >= 11 is 0. The lowest BCUT2D eigenvalue weighted by atomic mass is 10.0. The highest BCUT2D eigenvalue weighted by Gasteiger charge is 2.00. The summed E-state index contributed by atoms with van der Waals surface area (Å²) in [5.41, 5.74) is 3.77. The SMILES string of the molecule is CCc1ccccc1C(C)=NC. The summed E-state index contributed by atoms with van der Waals surface area (Å²) in [6.07, 6.45) is 1.07. The Kier molecular flexibility index (Phi) is 3.03. The summed E-state index contributed by atoms with van der Waals surface area (Å²) in [5, 5.41) is 0. The summed E-state index contributed by atoms with van der Waals surface area (Å²) in [5.74, 6) is 0. The van der Waals surface area contributed by atoms with Crippen LogP contribution in [-0.4, -0.2) is 12.8 Å². The van der Waals surface area contributed by atoms with Crippen LogP contribution in [0.2, 0.25) is 0 Å². The minimum atomic E-state index is 1.07. The van der Waals surface area contributed by atoms with Gasteiger partial charge in [0.05, 0.1) is 0 Å². The zero-order valence-corrected chi connectivity index (χ0v) is 7.96. The van der Waals surface area contributed by atoms with E-state index < -0.39 is 0 Å². The average molecular weight is 161 g/mol. The van der Waals surface area contributed by atoms with Crippen molar-refractivity contribution in [3.05, 3.63) is 35.4 Å². The number of nitrogens with zero attached hydrogens (tertiary/aromatic N) is 1. The van der Waals surface area contributed by atoms with Gasteiger partial charge in [0.1, 0.15) is 0 Å². The molecule has 0 aliphatic heterocycles. The van der Waals surface area contributed by atoms with Gasteiger partial charge in [0.25, 0.3) is 0 Å². The Morgan fingerprint density at radius 3 is 2.58 bits per heavy atom. The van der Waals surface area contributed by atoms with E-state index in [-0.39, 0.29) is 0 Å². The van der Waals surface area contributed by atoms with Crippen molar-refractivity contribution in [3.63, 3.8) is 0 Å². The maximum Gasteiger partial charge on any atom is 0.0388 e. The highest BCUT2D eigenvalue weighted by atomic mass is 14.7. The van der Waals surface area contributed by atoms with E-state index in [4.69, 9.17) is 0 Å². The molecule has 0 unspecified atom stereocenters. The van der Waals surface area contributed by atoms with E-state index in [2.05, 4.69) is 43.1 Å². The molecule has 0 spiro atoms. The molecule has 0 aliphatic carbocycles. The summed E-state index contributed by atoms with van der Waals surface area (Å²) in [6, 6.07) is 8.42. The van der Waals surface area contributed by atoms with Gasteiger partial charge in [0.15, 0.2) is 0 Å². The van der Waals surface area contributed by atoms with Crippen molar-refractivity contribution in [1.82, 2.24) is 0 Å². The molecule has 0 saturated carbocycles. The quantitative estimate of drug-likeness (QED) is 0.591. The second-order valence-electron chi connectivity index (χ2n) is 2.82. The van der Waals surface area contributed by atoms with Crippen molar-refractivity contribution < 1.29 is 0 Å².